The Morgan fingerprint density at radius 3 is 3.28 bits per heavy atom. The summed E-state index contributed by atoms with van der Waals surface area (Å²) in [6, 6.07) is -0.00589. The number of ether oxygens (including phenoxy) is 1. The number of hydrogen-bond acceptors (Lipinski definition) is 5. The second-order valence-corrected chi connectivity index (χ2v) is 5.29. The van der Waals surface area contributed by atoms with Gasteiger partial charge in [-0.1, -0.05) is 0 Å². The van der Waals surface area contributed by atoms with E-state index in [-0.39, 0.29) is 6.04 Å². The quantitative estimate of drug-likeness (QED) is 0.907. The van der Waals surface area contributed by atoms with Crippen LogP contribution in [-0.4, -0.2) is 27.7 Å². The number of rotatable bonds is 4. The summed E-state index contributed by atoms with van der Waals surface area (Å²) in [6.07, 6.45) is 4.71. The second kappa shape index (κ2) is 5.17. The number of nitrogens with zero attached hydrogens (tertiary/aromatic N) is 3. The van der Waals surface area contributed by atoms with E-state index in [2.05, 4.69) is 14.5 Å². The second-order valence-electron chi connectivity index (χ2n) is 4.58. The third kappa shape index (κ3) is 2.31. The highest BCUT2D eigenvalue weighted by molar-refractivity contribution is 7.07. The van der Waals surface area contributed by atoms with Crippen molar-refractivity contribution in [1.29, 1.82) is 0 Å². The van der Waals surface area contributed by atoms with Crippen LogP contribution in [0.25, 0.3) is 0 Å². The van der Waals surface area contributed by atoms with Gasteiger partial charge in [-0.3, -0.25) is 0 Å². The molecule has 1 fully saturated rings. The number of hydrogen-bond donors (Lipinski definition) is 1. The molecule has 18 heavy (non-hydrogen) atoms. The number of imidazole rings is 1. The van der Waals surface area contributed by atoms with Crippen LogP contribution in [0.5, 0.6) is 0 Å². The monoisotopic (exact) mass is 264 g/mol. The normalized spacial score (nSPS) is 21.3. The van der Waals surface area contributed by atoms with Crippen molar-refractivity contribution in [1.82, 2.24) is 14.5 Å². The molecular weight excluding hydrogens is 248 g/mol. The molecule has 0 aliphatic carbocycles. The van der Waals surface area contributed by atoms with Gasteiger partial charge in [0.1, 0.15) is 0 Å². The fourth-order valence-corrected chi connectivity index (χ4v) is 2.86. The molecule has 1 saturated heterocycles. The van der Waals surface area contributed by atoms with Gasteiger partial charge in [-0.25, -0.2) is 9.97 Å². The van der Waals surface area contributed by atoms with Crippen LogP contribution in [0.15, 0.2) is 23.4 Å². The van der Waals surface area contributed by atoms with E-state index in [0.717, 1.165) is 37.6 Å². The first kappa shape index (κ1) is 11.8. The van der Waals surface area contributed by atoms with Gasteiger partial charge in [0, 0.05) is 24.1 Å². The van der Waals surface area contributed by atoms with Crippen LogP contribution in [-0.2, 0) is 11.3 Å². The van der Waals surface area contributed by atoms with Gasteiger partial charge in [0.15, 0.2) is 0 Å². The molecule has 0 amide bonds. The molecule has 2 aromatic heterocycles. The lowest BCUT2D eigenvalue weighted by molar-refractivity contribution is 0.180. The molecule has 2 atom stereocenters. The average Bonchev–Trinajstić information content (AvgIpc) is 3.12. The van der Waals surface area contributed by atoms with E-state index in [0.29, 0.717) is 5.92 Å². The molecule has 0 saturated carbocycles. The molecule has 0 aromatic carbocycles. The third-order valence-corrected chi connectivity index (χ3v) is 4.01. The van der Waals surface area contributed by atoms with E-state index in [1.54, 1.807) is 11.3 Å². The maximum absolute atomic E-state index is 6.32. The Kier molecular flexibility index (Phi) is 3.40. The van der Waals surface area contributed by atoms with Crippen molar-refractivity contribution in [2.24, 2.45) is 11.7 Å². The summed E-state index contributed by atoms with van der Waals surface area (Å²) in [4.78, 5) is 8.51. The molecular formula is C12H16N4OS. The first-order chi connectivity index (χ1) is 8.84. The first-order valence-electron chi connectivity index (χ1n) is 6.05. The SMILES string of the molecule is NC(c1cncn1Cc1cscn1)C1CCOC1. The van der Waals surface area contributed by atoms with Gasteiger partial charge < -0.3 is 15.0 Å². The van der Waals surface area contributed by atoms with Crippen LogP contribution >= 0.6 is 11.3 Å². The summed E-state index contributed by atoms with van der Waals surface area (Å²) in [7, 11) is 0. The maximum Gasteiger partial charge on any atom is 0.0952 e. The van der Waals surface area contributed by atoms with Crippen LogP contribution < -0.4 is 5.73 Å². The lowest BCUT2D eigenvalue weighted by atomic mass is 9.97. The highest BCUT2D eigenvalue weighted by atomic mass is 32.1. The zero-order valence-corrected chi connectivity index (χ0v) is 10.8. The minimum absolute atomic E-state index is 0.00589. The van der Waals surface area contributed by atoms with Crippen LogP contribution in [0.3, 0.4) is 0 Å². The van der Waals surface area contributed by atoms with Gasteiger partial charge in [0.25, 0.3) is 0 Å². The molecule has 0 radical (unpaired) electrons. The van der Waals surface area contributed by atoms with Crippen molar-refractivity contribution in [3.05, 3.63) is 34.8 Å². The topological polar surface area (TPSA) is 66.0 Å². The van der Waals surface area contributed by atoms with E-state index in [1.165, 1.54) is 0 Å². The summed E-state index contributed by atoms with van der Waals surface area (Å²) in [5, 5.41) is 2.05. The zero-order valence-electron chi connectivity index (χ0n) is 10.0. The molecule has 2 aromatic rings. The van der Waals surface area contributed by atoms with Gasteiger partial charge in [-0.05, 0) is 6.42 Å². The van der Waals surface area contributed by atoms with E-state index in [9.17, 15) is 0 Å². The van der Waals surface area contributed by atoms with Crippen LogP contribution in [0, 0.1) is 5.92 Å². The molecule has 0 bridgehead atoms. The van der Waals surface area contributed by atoms with Crippen LogP contribution in [0.1, 0.15) is 23.9 Å². The Labute approximate surface area is 110 Å². The van der Waals surface area contributed by atoms with Gasteiger partial charge in [0.05, 0.1) is 42.4 Å². The molecule has 3 heterocycles. The van der Waals surface area contributed by atoms with E-state index in [1.807, 2.05) is 23.4 Å². The smallest absolute Gasteiger partial charge is 0.0952 e. The van der Waals surface area contributed by atoms with Crippen molar-refractivity contribution >= 4 is 11.3 Å². The summed E-state index contributed by atoms with van der Waals surface area (Å²) >= 11 is 1.60. The highest BCUT2D eigenvalue weighted by Crippen LogP contribution is 2.26. The highest BCUT2D eigenvalue weighted by Gasteiger charge is 2.26. The summed E-state index contributed by atoms with van der Waals surface area (Å²) in [5.74, 6) is 0.399. The van der Waals surface area contributed by atoms with Crippen molar-refractivity contribution in [2.45, 2.75) is 19.0 Å². The Morgan fingerprint density at radius 1 is 1.61 bits per heavy atom. The molecule has 96 valence electrons. The molecule has 2 N–H and O–H groups in total. The van der Waals surface area contributed by atoms with Gasteiger partial charge in [-0.15, -0.1) is 11.3 Å². The average molecular weight is 264 g/mol. The molecule has 1 aliphatic rings. The number of aromatic nitrogens is 3. The first-order valence-corrected chi connectivity index (χ1v) is 6.99. The van der Waals surface area contributed by atoms with Gasteiger partial charge in [0.2, 0.25) is 0 Å². The standard InChI is InChI=1S/C12H16N4OS/c13-12(9-1-2-17-5-9)11-3-14-7-16(11)4-10-6-18-8-15-10/h3,6-9,12H,1-2,4-5,13H2. The number of nitrogens with two attached hydrogens (primary N) is 1. The van der Waals surface area contributed by atoms with Crippen molar-refractivity contribution < 1.29 is 4.74 Å². The molecule has 1 aliphatic heterocycles. The fraction of sp³-hybridized carbons (Fsp3) is 0.500. The largest absolute Gasteiger partial charge is 0.381 e. The Bertz CT molecular complexity index is 490. The van der Waals surface area contributed by atoms with Crippen molar-refractivity contribution in [3.8, 4) is 0 Å². The molecule has 3 rings (SSSR count). The summed E-state index contributed by atoms with van der Waals surface area (Å²) in [5.41, 5.74) is 10.3. The number of thiazole rings is 1. The third-order valence-electron chi connectivity index (χ3n) is 3.37. The predicted molar refractivity (Wildman–Crippen MR) is 69.3 cm³/mol. The van der Waals surface area contributed by atoms with Crippen LogP contribution in [0.2, 0.25) is 0 Å². The Balaban J connectivity index is 1.78. The van der Waals surface area contributed by atoms with Gasteiger partial charge in [-0.2, -0.15) is 0 Å². The summed E-state index contributed by atoms with van der Waals surface area (Å²) in [6.45, 7) is 2.31. The lowest BCUT2D eigenvalue weighted by Gasteiger charge is -2.19. The fourth-order valence-electron chi connectivity index (χ4n) is 2.31. The minimum atomic E-state index is -0.00589. The maximum atomic E-state index is 6.32. The van der Waals surface area contributed by atoms with Crippen molar-refractivity contribution in [3.63, 3.8) is 0 Å². The van der Waals surface area contributed by atoms with Gasteiger partial charge >= 0.3 is 0 Å². The van der Waals surface area contributed by atoms with E-state index in [4.69, 9.17) is 10.5 Å². The molecule has 5 nitrogen and oxygen atoms in total. The summed E-state index contributed by atoms with van der Waals surface area (Å²) < 4.78 is 7.48. The van der Waals surface area contributed by atoms with Crippen molar-refractivity contribution in [2.75, 3.05) is 13.2 Å². The van der Waals surface area contributed by atoms with E-state index >= 15 is 0 Å². The lowest BCUT2D eigenvalue weighted by Crippen LogP contribution is -2.24. The zero-order chi connectivity index (χ0) is 12.4. The molecule has 0 spiro atoms. The molecule has 6 heteroatoms. The van der Waals surface area contributed by atoms with Crippen LogP contribution in [0.4, 0.5) is 0 Å². The van der Waals surface area contributed by atoms with E-state index < -0.39 is 0 Å². The Morgan fingerprint density at radius 2 is 2.56 bits per heavy atom. The Hall–Kier alpha value is -1.24. The minimum Gasteiger partial charge on any atom is -0.381 e. The predicted octanol–water partition coefficient (Wildman–Crippen LogP) is 1.42. The molecule has 2 unspecified atom stereocenters.